The summed E-state index contributed by atoms with van der Waals surface area (Å²) < 4.78 is 10.1. The normalized spacial score (nSPS) is 12.6. The minimum absolute atomic E-state index is 0.190. The van der Waals surface area contributed by atoms with Crippen molar-refractivity contribution in [2.24, 2.45) is 0 Å². The van der Waals surface area contributed by atoms with Crippen molar-refractivity contribution in [2.45, 2.75) is 116 Å². The van der Waals surface area contributed by atoms with Crippen molar-refractivity contribution >= 4 is 17.1 Å². The monoisotopic (exact) mass is 404 g/mol. The molecule has 1 aromatic heterocycles. The summed E-state index contributed by atoms with van der Waals surface area (Å²) in [6, 6.07) is 3.58. The molecule has 29 heavy (non-hydrogen) atoms. The molecule has 0 bridgehead atoms. The first-order chi connectivity index (χ1) is 14.2. The van der Waals surface area contributed by atoms with Crippen LogP contribution < -0.4 is 0 Å². The Morgan fingerprint density at radius 3 is 1.79 bits per heavy atom. The highest BCUT2D eigenvalue weighted by molar-refractivity contribution is 6.00. The van der Waals surface area contributed by atoms with Gasteiger partial charge >= 0.3 is 5.97 Å². The number of benzene rings is 1. The second-order valence-electron chi connectivity index (χ2n) is 8.50. The van der Waals surface area contributed by atoms with Gasteiger partial charge in [0.1, 0.15) is 5.56 Å². The van der Waals surface area contributed by atoms with Crippen LogP contribution in [0.25, 0.3) is 11.2 Å². The maximum Gasteiger partial charge on any atom is 0.339 e. The fourth-order valence-corrected chi connectivity index (χ4v) is 4.32. The number of hydrogen-bond donors (Lipinski definition) is 1. The van der Waals surface area contributed by atoms with E-state index in [0.717, 1.165) is 24.8 Å². The van der Waals surface area contributed by atoms with Crippen molar-refractivity contribution in [3.8, 4) is 0 Å². The molecule has 0 saturated heterocycles. The number of hydrogen-bond acceptors (Lipinski definition) is 3. The van der Waals surface area contributed by atoms with Crippen molar-refractivity contribution in [3.63, 3.8) is 0 Å². The highest BCUT2D eigenvalue weighted by Gasteiger charge is 2.24. The number of aromatic carboxylic acids is 1. The fourth-order valence-electron chi connectivity index (χ4n) is 4.32. The highest BCUT2D eigenvalue weighted by atomic mass is 17.0. The van der Waals surface area contributed by atoms with Crippen LogP contribution in [0.15, 0.2) is 21.3 Å². The summed E-state index contributed by atoms with van der Waals surface area (Å²) in [6.45, 7) is 4.47. The van der Waals surface area contributed by atoms with Crippen LogP contribution in [0.5, 0.6) is 0 Å². The van der Waals surface area contributed by atoms with Crippen molar-refractivity contribution in [1.82, 2.24) is 0 Å². The van der Waals surface area contributed by atoms with Crippen LogP contribution in [-0.2, 0) is 0 Å². The zero-order valence-electron chi connectivity index (χ0n) is 18.5. The zero-order valence-corrected chi connectivity index (χ0v) is 18.5. The van der Waals surface area contributed by atoms with Gasteiger partial charge in [-0.1, -0.05) is 103 Å². The van der Waals surface area contributed by atoms with Gasteiger partial charge in [0, 0.05) is 5.56 Å². The van der Waals surface area contributed by atoms with E-state index < -0.39 is 5.97 Å². The first-order valence-corrected chi connectivity index (χ1v) is 11.9. The van der Waals surface area contributed by atoms with Gasteiger partial charge in [-0.3, -0.25) is 9.15 Å². The molecule has 1 heterocycles. The Labute approximate surface area is 176 Å². The van der Waals surface area contributed by atoms with E-state index in [1.807, 2.05) is 6.07 Å². The molecule has 1 aromatic carbocycles. The molecule has 1 atom stereocenters. The zero-order chi connectivity index (χ0) is 20.9. The van der Waals surface area contributed by atoms with Crippen LogP contribution >= 0.6 is 0 Å². The van der Waals surface area contributed by atoms with Gasteiger partial charge in [-0.2, -0.15) is 0 Å². The molecule has 0 spiro atoms. The summed E-state index contributed by atoms with van der Waals surface area (Å²) in [5, 5.41) is 9.25. The van der Waals surface area contributed by atoms with Gasteiger partial charge in [-0.05, 0) is 24.8 Å². The first-order valence-electron chi connectivity index (χ1n) is 11.9. The van der Waals surface area contributed by atoms with Crippen LogP contribution in [0.1, 0.15) is 132 Å². The fraction of sp³-hybridized carbons (Fsp3) is 0.720. The number of carbonyl (C=O) groups is 1. The number of fused-ring (bicyclic) bond motifs is 1. The van der Waals surface area contributed by atoms with Crippen LogP contribution in [0.2, 0.25) is 0 Å². The summed E-state index contributed by atoms with van der Waals surface area (Å²) in [5.41, 5.74) is 2.34. The Morgan fingerprint density at radius 1 is 0.759 bits per heavy atom. The van der Waals surface area contributed by atoms with Gasteiger partial charge in [0.05, 0.1) is 0 Å². The SMILES string of the molecule is CCCCCCCCCCCCCCC(CCC)c1ccc(C(=O)O)c2ooc12. The molecule has 4 heteroatoms. The topological polar surface area (TPSA) is 63.6 Å². The molecule has 0 aliphatic heterocycles. The molecule has 0 fully saturated rings. The summed E-state index contributed by atoms with van der Waals surface area (Å²) >= 11 is 0. The molecule has 1 unspecified atom stereocenters. The third-order valence-corrected chi connectivity index (χ3v) is 6.06. The minimum Gasteiger partial charge on any atom is -0.478 e. The number of unbranched alkanes of at least 4 members (excludes halogenated alkanes) is 11. The Balaban J connectivity index is 1.65. The summed E-state index contributed by atoms with van der Waals surface area (Å²) in [7, 11) is 0. The molecule has 0 saturated carbocycles. The Bertz CT molecular complexity index is 697. The molecular formula is C25H40O4. The van der Waals surface area contributed by atoms with Gasteiger partial charge in [0.15, 0.2) is 0 Å². The standard InChI is InChI=1S/C25H40O4/c1-3-5-6-7-8-9-10-11-12-13-14-15-17-20(16-4-2)21-18-19-22(25(26)27)24-23(21)28-29-24/h18-20H,3-17H2,1-2H3,(H,26,27). The maximum absolute atomic E-state index is 11.3. The van der Waals surface area contributed by atoms with E-state index in [2.05, 4.69) is 13.8 Å². The Morgan fingerprint density at radius 2 is 1.31 bits per heavy atom. The van der Waals surface area contributed by atoms with Crippen LogP contribution in [0, 0.1) is 0 Å². The van der Waals surface area contributed by atoms with Gasteiger partial charge in [-0.15, -0.1) is 0 Å². The lowest BCUT2D eigenvalue weighted by Gasteiger charge is -2.18. The minimum atomic E-state index is -0.968. The van der Waals surface area contributed by atoms with E-state index >= 15 is 0 Å². The van der Waals surface area contributed by atoms with E-state index in [0.29, 0.717) is 17.1 Å². The van der Waals surface area contributed by atoms with Crippen molar-refractivity contribution in [1.29, 1.82) is 0 Å². The second-order valence-corrected chi connectivity index (χ2v) is 8.50. The van der Waals surface area contributed by atoms with Crippen LogP contribution in [0.4, 0.5) is 0 Å². The van der Waals surface area contributed by atoms with Gasteiger partial charge in [0.25, 0.3) is 0 Å². The first kappa shape index (κ1) is 23.6. The lowest BCUT2D eigenvalue weighted by molar-refractivity contribution is 0.0529. The molecule has 0 aliphatic carbocycles. The Hall–Kier alpha value is -1.71. The summed E-state index contributed by atoms with van der Waals surface area (Å²) in [5.74, 6) is -0.548. The summed E-state index contributed by atoms with van der Waals surface area (Å²) in [6.07, 6.45) is 19.7. The van der Waals surface area contributed by atoms with E-state index in [1.54, 1.807) is 6.07 Å². The lowest BCUT2D eigenvalue weighted by Crippen LogP contribution is -2.05. The van der Waals surface area contributed by atoms with E-state index in [1.165, 1.54) is 77.0 Å². The molecule has 2 rings (SSSR count). The lowest BCUT2D eigenvalue weighted by atomic mass is 9.88. The number of rotatable bonds is 17. The molecule has 0 amide bonds. The molecule has 4 nitrogen and oxygen atoms in total. The molecule has 0 aliphatic rings. The molecule has 1 N–H and O–H groups in total. The van der Waals surface area contributed by atoms with Crippen LogP contribution in [-0.4, -0.2) is 11.1 Å². The predicted octanol–water partition coefficient (Wildman–Crippen LogP) is 8.70. The van der Waals surface area contributed by atoms with Crippen molar-refractivity contribution in [2.75, 3.05) is 0 Å². The Kier molecular flexibility index (Phi) is 11.0. The summed E-state index contributed by atoms with van der Waals surface area (Å²) in [4.78, 5) is 11.3. The highest BCUT2D eigenvalue weighted by Crippen LogP contribution is 2.36. The second kappa shape index (κ2) is 13.5. The smallest absolute Gasteiger partial charge is 0.339 e. The van der Waals surface area contributed by atoms with Crippen molar-refractivity contribution < 1.29 is 19.1 Å². The number of carboxylic acids is 1. The third kappa shape index (κ3) is 7.56. The largest absolute Gasteiger partial charge is 0.478 e. The predicted molar refractivity (Wildman–Crippen MR) is 119 cm³/mol. The average Bonchev–Trinajstić information content (AvgIpc) is 2.68. The quantitative estimate of drug-likeness (QED) is 0.211. The van der Waals surface area contributed by atoms with E-state index in [4.69, 9.17) is 9.15 Å². The van der Waals surface area contributed by atoms with Crippen LogP contribution in [0.3, 0.4) is 0 Å². The van der Waals surface area contributed by atoms with Gasteiger partial charge in [0.2, 0.25) is 11.2 Å². The molecule has 0 radical (unpaired) electrons. The average molecular weight is 405 g/mol. The maximum atomic E-state index is 11.3. The van der Waals surface area contributed by atoms with Gasteiger partial charge in [-0.25, -0.2) is 4.79 Å². The molecule has 164 valence electrons. The third-order valence-electron chi connectivity index (χ3n) is 6.06. The van der Waals surface area contributed by atoms with Crippen molar-refractivity contribution in [3.05, 3.63) is 23.3 Å². The van der Waals surface area contributed by atoms with E-state index in [9.17, 15) is 9.90 Å². The molecule has 2 aromatic rings. The number of carboxylic acid groups (broad SMARTS) is 1. The van der Waals surface area contributed by atoms with Gasteiger partial charge < -0.3 is 5.11 Å². The molecular weight excluding hydrogens is 364 g/mol. The van der Waals surface area contributed by atoms with E-state index in [-0.39, 0.29) is 5.56 Å².